The third-order valence-corrected chi connectivity index (χ3v) is 6.22. The van der Waals surface area contributed by atoms with Crippen molar-refractivity contribution in [2.24, 2.45) is 5.41 Å². The van der Waals surface area contributed by atoms with Gasteiger partial charge in [0.1, 0.15) is 11.6 Å². The summed E-state index contributed by atoms with van der Waals surface area (Å²) in [6, 6.07) is 8.50. The van der Waals surface area contributed by atoms with E-state index >= 15 is 0 Å². The zero-order chi connectivity index (χ0) is 23.1. The summed E-state index contributed by atoms with van der Waals surface area (Å²) in [6.45, 7) is -0.167. The summed E-state index contributed by atoms with van der Waals surface area (Å²) in [5.41, 5.74) is -1.18. The second-order valence-electron chi connectivity index (χ2n) is 8.38. The Morgan fingerprint density at radius 1 is 1.06 bits per heavy atom. The molecular weight excluding hydrogens is 452 g/mol. The number of hydrogen-bond donors (Lipinski definition) is 2. The molecule has 3 fully saturated rings. The molecule has 32 heavy (non-hydrogen) atoms. The van der Waals surface area contributed by atoms with Crippen molar-refractivity contribution < 1.29 is 31.9 Å². The molecule has 2 amide bonds. The fourth-order valence-corrected chi connectivity index (χ4v) is 4.51. The van der Waals surface area contributed by atoms with Gasteiger partial charge in [0.15, 0.2) is 6.61 Å². The molecule has 170 valence electrons. The molecule has 2 bridgehead atoms. The van der Waals surface area contributed by atoms with Crippen LogP contribution >= 0.6 is 11.6 Å². The molecule has 5 rings (SSSR count). The molecule has 2 N–H and O–H groups in total. The number of halogens is 5. The minimum atomic E-state index is -4.40. The van der Waals surface area contributed by atoms with E-state index in [0.29, 0.717) is 24.8 Å². The summed E-state index contributed by atoms with van der Waals surface area (Å²) in [5, 5.41) is 5.58. The first-order chi connectivity index (χ1) is 15.0. The molecule has 0 aromatic heterocycles. The van der Waals surface area contributed by atoms with E-state index in [4.69, 9.17) is 16.3 Å². The number of amides is 2. The van der Waals surface area contributed by atoms with E-state index in [1.165, 1.54) is 24.3 Å². The van der Waals surface area contributed by atoms with Crippen LogP contribution in [-0.2, 0) is 22.3 Å². The lowest BCUT2D eigenvalue weighted by Gasteiger charge is -2.69. The van der Waals surface area contributed by atoms with Gasteiger partial charge in [-0.1, -0.05) is 23.7 Å². The molecule has 0 radical (unpaired) electrons. The summed E-state index contributed by atoms with van der Waals surface area (Å²) in [7, 11) is 0. The summed E-state index contributed by atoms with van der Waals surface area (Å²) in [4.78, 5) is 24.7. The SMILES string of the molecule is O=C(COc1ccc(Cl)c(F)c1)NC12CC(C(=O)NCc3ccc(C(F)(F)F)cc3)(C1)C2. The zero-order valence-electron chi connectivity index (χ0n) is 16.7. The predicted octanol–water partition coefficient (Wildman–Crippen LogP) is 4.23. The fraction of sp³-hybridized carbons (Fsp3) is 0.364. The largest absolute Gasteiger partial charge is 0.484 e. The number of benzene rings is 2. The molecular formula is C22H19ClF4N2O3. The average molecular weight is 471 g/mol. The topological polar surface area (TPSA) is 67.4 Å². The van der Waals surface area contributed by atoms with Crippen molar-refractivity contribution in [3.8, 4) is 5.75 Å². The number of carbonyl (C=O) groups is 2. The molecule has 0 unspecified atom stereocenters. The molecule has 0 saturated heterocycles. The number of nitrogens with one attached hydrogen (secondary N) is 2. The summed E-state index contributed by atoms with van der Waals surface area (Å²) < 4.78 is 56.5. The number of alkyl halides is 3. The van der Waals surface area contributed by atoms with Gasteiger partial charge in [-0.15, -0.1) is 0 Å². The Morgan fingerprint density at radius 2 is 1.72 bits per heavy atom. The maximum Gasteiger partial charge on any atom is 0.416 e. The molecule has 3 aliphatic rings. The van der Waals surface area contributed by atoms with E-state index in [9.17, 15) is 27.2 Å². The van der Waals surface area contributed by atoms with Crippen LogP contribution in [0.25, 0.3) is 0 Å². The van der Waals surface area contributed by atoms with E-state index in [0.717, 1.165) is 18.2 Å². The van der Waals surface area contributed by atoms with E-state index in [1.807, 2.05) is 0 Å². The Hall–Kier alpha value is -2.81. The van der Waals surface area contributed by atoms with Crippen molar-refractivity contribution in [1.29, 1.82) is 0 Å². The van der Waals surface area contributed by atoms with Crippen LogP contribution < -0.4 is 15.4 Å². The van der Waals surface area contributed by atoms with Crippen molar-refractivity contribution in [2.75, 3.05) is 6.61 Å². The summed E-state index contributed by atoms with van der Waals surface area (Å²) in [6.07, 6.45) is -2.94. The standard InChI is InChI=1S/C22H19ClF4N2O3/c23-16-6-5-15(7-17(16)24)32-9-18(30)29-21-10-20(11-21,12-21)19(31)28-8-13-1-3-14(4-2-13)22(25,26)27/h1-7H,8-12H2,(H,28,31)(H,29,30). The van der Waals surface area contributed by atoms with Crippen molar-refractivity contribution >= 4 is 23.4 Å². The smallest absolute Gasteiger partial charge is 0.416 e. The normalized spacial score (nSPS) is 23.5. The van der Waals surface area contributed by atoms with Gasteiger partial charge in [0.25, 0.3) is 5.91 Å². The predicted molar refractivity (Wildman–Crippen MR) is 107 cm³/mol. The van der Waals surface area contributed by atoms with E-state index in [-0.39, 0.29) is 35.7 Å². The van der Waals surface area contributed by atoms with E-state index in [1.54, 1.807) is 0 Å². The highest BCUT2D eigenvalue weighted by Gasteiger charge is 2.72. The van der Waals surface area contributed by atoms with Crippen LogP contribution in [0.1, 0.15) is 30.4 Å². The molecule has 2 aromatic carbocycles. The number of hydrogen-bond acceptors (Lipinski definition) is 3. The van der Waals surface area contributed by atoms with E-state index in [2.05, 4.69) is 10.6 Å². The van der Waals surface area contributed by atoms with Crippen LogP contribution in [0.15, 0.2) is 42.5 Å². The maximum absolute atomic E-state index is 13.4. The first-order valence-corrected chi connectivity index (χ1v) is 10.2. The fourth-order valence-electron chi connectivity index (χ4n) is 4.39. The Labute approximate surface area is 186 Å². The third-order valence-electron chi connectivity index (χ3n) is 5.91. The van der Waals surface area contributed by atoms with Crippen molar-refractivity contribution in [1.82, 2.24) is 10.6 Å². The lowest BCUT2D eigenvalue weighted by atomic mass is 9.39. The second-order valence-corrected chi connectivity index (χ2v) is 8.79. The first-order valence-electron chi connectivity index (χ1n) is 9.84. The van der Waals surface area contributed by atoms with Gasteiger partial charge in [-0.25, -0.2) is 4.39 Å². The third kappa shape index (κ3) is 4.39. The zero-order valence-corrected chi connectivity index (χ0v) is 17.4. The van der Waals surface area contributed by atoms with Gasteiger partial charge < -0.3 is 15.4 Å². The summed E-state index contributed by atoms with van der Waals surface area (Å²) in [5.74, 6) is -1.02. The quantitative estimate of drug-likeness (QED) is 0.595. The molecule has 10 heteroatoms. The Morgan fingerprint density at radius 3 is 2.31 bits per heavy atom. The van der Waals surface area contributed by atoms with Crippen LogP contribution in [0.3, 0.4) is 0 Å². The Bertz CT molecular complexity index is 1040. The Kier molecular flexibility index (Phi) is 5.56. The van der Waals surface area contributed by atoms with Crippen molar-refractivity contribution in [3.63, 3.8) is 0 Å². The highest BCUT2D eigenvalue weighted by atomic mass is 35.5. The minimum absolute atomic E-state index is 0.0439. The van der Waals surface area contributed by atoms with Gasteiger partial charge in [-0.05, 0) is 49.1 Å². The van der Waals surface area contributed by atoms with Crippen molar-refractivity contribution in [3.05, 3.63) is 64.4 Å². The second kappa shape index (κ2) is 7.95. The highest BCUT2D eigenvalue weighted by Crippen LogP contribution is 2.67. The average Bonchev–Trinajstić information content (AvgIpc) is 2.68. The molecule has 3 aliphatic carbocycles. The van der Waals surface area contributed by atoms with Crippen molar-refractivity contribution in [2.45, 2.75) is 37.5 Å². The lowest BCUT2D eigenvalue weighted by molar-refractivity contribution is -0.184. The van der Waals surface area contributed by atoms with Crippen LogP contribution in [0.5, 0.6) is 5.75 Å². The van der Waals surface area contributed by atoms with Gasteiger partial charge in [0.2, 0.25) is 5.91 Å². The van der Waals surface area contributed by atoms with Crippen LogP contribution in [0.4, 0.5) is 17.6 Å². The highest BCUT2D eigenvalue weighted by molar-refractivity contribution is 6.30. The molecule has 5 nitrogen and oxygen atoms in total. The monoisotopic (exact) mass is 470 g/mol. The van der Waals surface area contributed by atoms with Crippen LogP contribution in [0, 0.1) is 11.2 Å². The van der Waals surface area contributed by atoms with Crippen LogP contribution in [0.2, 0.25) is 5.02 Å². The van der Waals surface area contributed by atoms with E-state index < -0.39 is 28.5 Å². The molecule has 0 spiro atoms. The first kappa shape index (κ1) is 22.4. The van der Waals surface area contributed by atoms with Gasteiger partial charge in [0.05, 0.1) is 16.0 Å². The maximum atomic E-state index is 13.4. The number of ether oxygens (including phenoxy) is 1. The molecule has 2 aromatic rings. The van der Waals surface area contributed by atoms with Gasteiger partial charge in [-0.3, -0.25) is 9.59 Å². The number of rotatable bonds is 7. The molecule has 0 aliphatic heterocycles. The molecule has 0 atom stereocenters. The minimum Gasteiger partial charge on any atom is -0.484 e. The number of carbonyl (C=O) groups excluding carboxylic acids is 2. The molecule has 3 saturated carbocycles. The van der Waals surface area contributed by atoms with Crippen LogP contribution in [-0.4, -0.2) is 24.0 Å². The Balaban J connectivity index is 1.20. The van der Waals surface area contributed by atoms with Gasteiger partial charge in [0, 0.05) is 18.2 Å². The van der Waals surface area contributed by atoms with Gasteiger partial charge >= 0.3 is 6.18 Å². The van der Waals surface area contributed by atoms with Gasteiger partial charge in [-0.2, -0.15) is 13.2 Å². The summed E-state index contributed by atoms with van der Waals surface area (Å²) >= 11 is 5.60. The lowest BCUT2D eigenvalue weighted by Crippen LogP contribution is -2.78. The molecule has 0 heterocycles.